The summed E-state index contributed by atoms with van der Waals surface area (Å²) >= 11 is 7.32. The number of halogens is 1. The SMILES string of the molecule is CN1C(=O)/C(=C\c2ccc(N3CCOCC3)o2)SC1=Nc1cccc(Cl)c1. The largest absolute Gasteiger partial charge is 0.441 e. The monoisotopic (exact) mass is 403 g/mol. The third-order valence-corrected chi connectivity index (χ3v) is 5.54. The van der Waals surface area contributed by atoms with Gasteiger partial charge in [-0.2, -0.15) is 0 Å². The van der Waals surface area contributed by atoms with Crippen molar-refractivity contribution < 1.29 is 13.9 Å². The number of ether oxygens (including phenoxy) is 1. The highest BCUT2D eigenvalue weighted by atomic mass is 35.5. The molecule has 2 aromatic rings. The van der Waals surface area contributed by atoms with Crippen molar-refractivity contribution in [1.82, 2.24) is 4.90 Å². The molecule has 1 aromatic heterocycles. The van der Waals surface area contributed by atoms with E-state index in [0.717, 1.165) is 19.0 Å². The van der Waals surface area contributed by atoms with E-state index in [1.165, 1.54) is 16.7 Å². The zero-order chi connectivity index (χ0) is 18.8. The highest BCUT2D eigenvalue weighted by Crippen LogP contribution is 2.34. The average Bonchev–Trinajstić information content (AvgIpc) is 3.24. The number of carbonyl (C=O) groups excluding carboxylic acids is 1. The lowest BCUT2D eigenvalue weighted by Gasteiger charge is -2.26. The van der Waals surface area contributed by atoms with E-state index >= 15 is 0 Å². The number of amidine groups is 1. The summed E-state index contributed by atoms with van der Waals surface area (Å²) in [6, 6.07) is 11.0. The van der Waals surface area contributed by atoms with Gasteiger partial charge in [-0.3, -0.25) is 9.69 Å². The molecule has 140 valence electrons. The van der Waals surface area contributed by atoms with Gasteiger partial charge in [0.15, 0.2) is 11.1 Å². The Hall–Kier alpha value is -2.22. The first kappa shape index (κ1) is 18.2. The second kappa shape index (κ2) is 7.80. The van der Waals surface area contributed by atoms with Crippen LogP contribution < -0.4 is 4.90 Å². The maximum Gasteiger partial charge on any atom is 0.266 e. The Morgan fingerprint density at radius 1 is 1.22 bits per heavy atom. The van der Waals surface area contributed by atoms with Gasteiger partial charge in [0.2, 0.25) is 0 Å². The van der Waals surface area contributed by atoms with E-state index in [1.54, 1.807) is 25.3 Å². The first-order chi connectivity index (χ1) is 13.1. The molecule has 0 bridgehead atoms. The van der Waals surface area contributed by atoms with Crippen molar-refractivity contribution in [2.75, 3.05) is 38.3 Å². The Morgan fingerprint density at radius 3 is 2.81 bits per heavy atom. The lowest BCUT2D eigenvalue weighted by Crippen LogP contribution is -2.35. The minimum absolute atomic E-state index is 0.106. The first-order valence-electron chi connectivity index (χ1n) is 8.54. The lowest BCUT2D eigenvalue weighted by atomic mass is 10.3. The van der Waals surface area contributed by atoms with Crippen LogP contribution in [-0.2, 0) is 9.53 Å². The lowest BCUT2D eigenvalue weighted by molar-refractivity contribution is -0.121. The van der Waals surface area contributed by atoms with Gasteiger partial charge in [0.25, 0.3) is 5.91 Å². The minimum Gasteiger partial charge on any atom is -0.441 e. The van der Waals surface area contributed by atoms with Crippen LogP contribution in [0.15, 0.2) is 50.7 Å². The van der Waals surface area contributed by atoms with Crippen LogP contribution >= 0.6 is 23.4 Å². The normalized spacial score (nSPS) is 20.9. The van der Waals surface area contributed by atoms with Gasteiger partial charge >= 0.3 is 0 Å². The molecule has 2 fully saturated rings. The molecule has 0 aliphatic carbocycles. The summed E-state index contributed by atoms with van der Waals surface area (Å²) in [6.45, 7) is 2.99. The van der Waals surface area contributed by atoms with Crippen LogP contribution in [-0.4, -0.2) is 49.3 Å². The fraction of sp³-hybridized carbons (Fsp3) is 0.263. The number of carbonyl (C=O) groups is 1. The second-order valence-corrected chi connectivity index (χ2v) is 7.57. The number of morpholine rings is 1. The summed E-state index contributed by atoms with van der Waals surface area (Å²) in [4.78, 5) is 21.3. The standard InChI is InChI=1S/C19H18ClN3O3S/c1-22-18(24)16(27-19(22)21-14-4-2-3-13(20)11-14)12-15-5-6-17(26-15)23-7-9-25-10-8-23/h2-6,11-12H,7-10H2,1H3/b16-12+,21-19?. The number of hydrogen-bond donors (Lipinski definition) is 0. The maximum atomic E-state index is 12.5. The molecule has 2 saturated heterocycles. The Kier molecular flexibility index (Phi) is 5.24. The molecule has 8 heteroatoms. The number of hydrogen-bond acceptors (Lipinski definition) is 6. The number of aliphatic imine (C=N–C) groups is 1. The summed E-state index contributed by atoms with van der Waals surface area (Å²) in [5.41, 5.74) is 0.707. The van der Waals surface area contributed by atoms with Crippen molar-refractivity contribution in [2.45, 2.75) is 0 Å². The first-order valence-corrected chi connectivity index (χ1v) is 9.74. The van der Waals surface area contributed by atoms with Gasteiger partial charge in [-0.15, -0.1) is 0 Å². The number of anilines is 1. The van der Waals surface area contributed by atoms with Crippen molar-refractivity contribution in [3.63, 3.8) is 0 Å². The molecule has 1 aromatic carbocycles. The number of rotatable bonds is 3. The molecule has 0 radical (unpaired) electrons. The van der Waals surface area contributed by atoms with Crippen LogP contribution in [0.1, 0.15) is 5.76 Å². The van der Waals surface area contributed by atoms with Crippen molar-refractivity contribution >= 4 is 52.1 Å². The fourth-order valence-electron chi connectivity index (χ4n) is 2.81. The van der Waals surface area contributed by atoms with Crippen LogP contribution in [0, 0.1) is 0 Å². The van der Waals surface area contributed by atoms with E-state index in [-0.39, 0.29) is 5.91 Å². The zero-order valence-corrected chi connectivity index (χ0v) is 16.3. The number of benzene rings is 1. The minimum atomic E-state index is -0.106. The topological polar surface area (TPSA) is 58.3 Å². The van der Waals surface area contributed by atoms with E-state index in [0.29, 0.717) is 39.8 Å². The smallest absolute Gasteiger partial charge is 0.266 e. The Balaban J connectivity index is 1.54. The Morgan fingerprint density at radius 2 is 2.04 bits per heavy atom. The Labute approximate surface area is 166 Å². The zero-order valence-electron chi connectivity index (χ0n) is 14.7. The molecule has 0 spiro atoms. The van der Waals surface area contributed by atoms with E-state index in [4.69, 9.17) is 20.8 Å². The van der Waals surface area contributed by atoms with Crippen LogP contribution in [0.2, 0.25) is 5.02 Å². The fourth-order valence-corrected chi connectivity index (χ4v) is 3.96. The summed E-state index contributed by atoms with van der Waals surface area (Å²) < 4.78 is 11.2. The van der Waals surface area contributed by atoms with Gasteiger partial charge in [0, 0.05) is 37.3 Å². The van der Waals surface area contributed by atoms with Gasteiger partial charge in [0.05, 0.1) is 23.8 Å². The van der Waals surface area contributed by atoms with Gasteiger partial charge in [-0.05, 0) is 36.0 Å². The predicted molar refractivity (Wildman–Crippen MR) is 109 cm³/mol. The van der Waals surface area contributed by atoms with E-state index in [2.05, 4.69) is 9.89 Å². The Bertz CT molecular complexity index is 918. The molecule has 4 rings (SSSR count). The van der Waals surface area contributed by atoms with E-state index in [1.807, 2.05) is 24.3 Å². The van der Waals surface area contributed by atoms with Crippen molar-refractivity contribution in [1.29, 1.82) is 0 Å². The van der Waals surface area contributed by atoms with Crippen LogP contribution in [0.5, 0.6) is 0 Å². The van der Waals surface area contributed by atoms with E-state index in [9.17, 15) is 4.79 Å². The highest BCUT2D eigenvalue weighted by Gasteiger charge is 2.30. The molecule has 0 N–H and O–H groups in total. The quantitative estimate of drug-likeness (QED) is 0.725. The predicted octanol–water partition coefficient (Wildman–Crippen LogP) is 4.00. The molecular formula is C19H18ClN3O3S. The molecule has 6 nitrogen and oxygen atoms in total. The molecule has 2 aliphatic heterocycles. The molecule has 0 unspecified atom stereocenters. The molecule has 27 heavy (non-hydrogen) atoms. The molecular weight excluding hydrogens is 386 g/mol. The number of amides is 1. The average molecular weight is 404 g/mol. The molecule has 0 saturated carbocycles. The van der Waals surface area contributed by atoms with Crippen LogP contribution in [0.4, 0.5) is 11.6 Å². The summed E-state index contributed by atoms with van der Waals surface area (Å²) in [6.07, 6.45) is 1.76. The van der Waals surface area contributed by atoms with E-state index < -0.39 is 0 Å². The van der Waals surface area contributed by atoms with Gasteiger partial charge in [-0.1, -0.05) is 17.7 Å². The second-order valence-electron chi connectivity index (χ2n) is 6.12. The molecule has 3 heterocycles. The van der Waals surface area contributed by atoms with Crippen LogP contribution in [0.25, 0.3) is 6.08 Å². The van der Waals surface area contributed by atoms with Crippen molar-refractivity contribution in [3.05, 3.63) is 52.1 Å². The van der Waals surface area contributed by atoms with Crippen LogP contribution in [0.3, 0.4) is 0 Å². The van der Waals surface area contributed by atoms with Gasteiger partial charge in [0.1, 0.15) is 5.76 Å². The summed E-state index contributed by atoms with van der Waals surface area (Å²) in [5.74, 6) is 1.33. The van der Waals surface area contributed by atoms with Gasteiger partial charge in [-0.25, -0.2) is 4.99 Å². The summed E-state index contributed by atoms with van der Waals surface area (Å²) in [7, 11) is 1.71. The molecule has 2 aliphatic rings. The third-order valence-electron chi connectivity index (χ3n) is 4.25. The van der Waals surface area contributed by atoms with Crippen molar-refractivity contribution in [2.24, 2.45) is 4.99 Å². The number of thioether (sulfide) groups is 1. The third kappa shape index (κ3) is 4.05. The molecule has 1 amide bonds. The maximum absolute atomic E-state index is 12.5. The summed E-state index contributed by atoms with van der Waals surface area (Å²) in [5, 5.41) is 1.21. The number of furan rings is 1. The molecule has 0 atom stereocenters. The van der Waals surface area contributed by atoms with Gasteiger partial charge < -0.3 is 14.1 Å². The number of likely N-dealkylation sites (N-methyl/N-ethyl adjacent to an activating group) is 1. The number of nitrogens with zero attached hydrogens (tertiary/aromatic N) is 3. The highest BCUT2D eigenvalue weighted by molar-refractivity contribution is 8.18. The van der Waals surface area contributed by atoms with Crippen molar-refractivity contribution in [3.8, 4) is 0 Å².